The SMILES string of the molecule is Cc1ncc(CN(C(=O)O)c2ccc(C#N)cc2)c(C(F)F)c1OCc1ccc(C#N)cc1. The minimum atomic E-state index is -2.94. The number of ether oxygens (including phenoxy) is 1. The van der Waals surface area contributed by atoms with Crippen molar-refractivity contribution in [1.82, 2.24) is 4.98 Å². The van der Waals surface area contributed by atoms with Gasteiger partial charge in [0.15, 0.2) is 0 Å². The molecule has 0 spiro atoms. The molecular formula is C24H18F2N4O3. The average Bonchev–Trinajstić information content (AvgIpc) is 2.82. The molecule has 0 aliphatic carbocycles. The summed E-state index contributed by atoms with van der Waals surface area (Å²) in [6.07, 6.45) is -3.07. The van der Waals surface area contributed by atoms with E-state index in [1.807, 2.05) is 12.1 Å². The maximum atomic E-state index is 14.1. The first-order valence-electron chi connectivity index (χ1n) is 9.73. The largest absolute Gasteiger partial charge is 0.486 e. The number of hydrogen-bond acceptors (Lipinski definition) is 5. The number of alkyl halides is 2. The molecule has 0 fully saturated rings. The summed E-state index contributed by atoms with van der Waals surface area (Å²) in [5, 5.41) is 27.5. The van der Waals surface area contributed by atoms with E-state index < -0.39 is 18.1 Å². The van der Waals surface area contributed by atoms with Crippen LogP contribution in [0.25, 0.3) is 0 Å². The predicted molar refractivity (Wildman–Crippen MR) is 115 cm³/mol. The number of amides is 1. The Balaban J connectivity index is 1.93. The lowest BCUT2D eigenvalue weighted by Crippen LogP contribution is -2.29. The summed E-state index contributed by atoms with van der Waals surface area (Å²) in [5.41, 5.74) is 1.50. The zero-order chi connectivity index (χ0) is 24.0. The molecule has 3 rings (SSSR count). The van der Waals surface area contributed by atoms with E-state index in [-0.39, 0.29) is 35.8 Å². The van der Waals surface area contributed by atoms with Crippen LogP contribution in [0.4, 0.5) is 19.3 Å². The number of carbonyl (C=O) groups is 1. The van der Waals surface area contributed by atoms with Gasteiger partial charge in [-0.1, -0.05) is 12.1 Å². The summed E-state index contributed by atoms with van der Waals surface area (Å²) in [5.74, 6) is -0.114. The molecule has 3 aromatic rings. The number of aryl methyl sites for hydroxylation is 1. The standard InChI is InChI=1S/C24H18F2N4O3/c1-15-22(33-14-18-4-2-16(10-27)3-5-18)21(23(25)26)19(12-29-15)13-30(24(31)32)20-8-6-17(11-28)7-9-20/h2-9,12,23H,13-14H2,1H3,(H,31,32). The average molecular weight is 448 g/mol. The van der Waals surface area contributed by atoms with Gasteiger partial charge in [-0.2, -0.15) is 10.5 Å². The molecule has 0 aliphatic heterocycles. The number of halogens is 2. The summed E-state index contributed by atoms with van der Waals surface area (Å²) in [4.78, 5) is 16.9. The van der Waals surface area contributed by atoms with Gasteiger partial charge in [0.1, 0.15) is 12.4 Å². The zero-order valence-electron chi connectivity index (χ0n) is 17.5. The van der Waals surface area contributed by atoms with E-state index in [2.05, 4.69) is 4.98 Å². The number of nitrogens with zero attached hydrogens (tertiary/aromatic N) is 4. The van der Waals surface area contributed by atoms with Gasteiger partial charge < -0.3 is 9.84 Å². The smallest absolute Gasteiger partial charge is 0.412 e. The van der Waals surface area contributed by atoms with Crippen molar-refractivity contribution in [2.45, 2.75) is 26.5 Å². The second kappa shape index (κ2) is 10.2. The molecule has 2 aromatic carbocycles. The highest BCUT2D eigenvalue weighted by molar-refractivity contribution is 5.86. The van der Waals surface area contributed by atoms with E-state index in [9.17, 15) is 18.7 Å². The minimum Gasteiger partial charge on any atom is -0.486 e. The normalized spacial score (nSPS) is 10.4. The maximum absolute atomic E-state index is 14.1. The molecule has 9 heteroatoms. The summed E-state index contributed by atoms with van der Waals surface area (Å²) < 4.78 is 33.9. The fourth-order valence-electron chi connectivity index (χ4n) is 3.18. The van der Waals surface area contributed by atoms with Crippen LogP contribution in [-0.4, -0.2) is 16.2 Å². The van der Waals surface area contributed by atoms with Crippen molar-refractivity contribution in [2.75, 3.05) is 4.90 Å². The third-order valence-electron chi connectivity index (χ3n) is 4.89. The molecular weight excluding hydrogens is 430 g/mol. The van der Waals surface area contributed by atoms with Crippen LogP contribution < -0.4 is 9.64 Å². The van der Waals surface area contributed by atoms with Crippen LogP contribution in [0.5, 0.6) is 5.75 Å². The quantitative estimate of drug-likeness (QED) is 0.523. The van der Waals surface area contributed by atoms with Crippen LogP contribution in [0.1, 0.15) is 39.9 Å². The van der Waals surface area contributed by atoms with Gasteiger partial charge >= 0.3 is 6.09 Å². The molecule has 0 atom stereocenters. The van der Waals surface area contributed by atoms with Crippen LogP contribution in [0.3, 0.4) is 0 Å². The van der Waals surface area contributed by atoms with Gasteiger partial charge in [-0.25, -0.2) is 13.6 Å². The van der Waals surface area contributed by atoms with E-state index in [4.69, 9.17) is 15.3 Å². The first-order valence-corrected chi connectivity index (χ1v) is 9.73. The van der Waals surface area contributed by atoms with E-state index in [1.165, 1.54) is 37.4 Å². The summed E-state index contributed by atoms with van der Waals surface area (Å²) in [6, 6.07) is 16.2. The Labute approximate surface area is 188 Å². The Morgan fingerprint density at radius 2 is 1.67 bits per heavy atom. The van der Waals surface area contributed by atoms with E-state index in [0.29, 0.717) is 16.7 Å². The molecule has 166 valence electrons. The summed E-state index contributed by atoms with van der Waals surface area (Å²) in [6.45, 7) is 1.11. The second-order valence-corrected chi connectivity index (χ2v) is 7.04. The molecule has 1 N–H and O–H groups in total. The molecule has 0 radical (unpaired) electrons. The molecule has 0 bridgehead atoms. The number of nitriles is 2. The Morgan fingerprint density at radius 3 is 2.18 bits per heavy atom. The van der Waals surface area contributed by atoms with Crippen molar-refractivity contribution >= 4 is 11.8 Å². The topological polar surface area (TPSA) is 110 Å². The van der Waals surface area contributed by atoms with Crippen molar-refractivity contribution in [2.24, 2.45) is 0 Å². The zero-order valence-corrected chi connectivity index (χ0v) is 17.5. The predicted octanol–water partition coefficient (Wildman–Crippen LogP) is 5.33. The van der Waals surface area contributed by atoms with Crippen molar-refractivity contribution in [1.29, 1.82) is 10.5 Å². The highest BCUT2D eigenvalue weighted by Gasteiger charge is 2.25. The fraction of sp³-hybridized carbons (Fsp3) is 0.167. The van der Waals surface area contributed by atoms with Gasteiger partial charge in [0.05, 0.1) is 41.1 Å². The third kappa shape index (κ3) is 5.41. The van der Waals surface area contributed by atoms with Gasteiger partial charge in [-0.15, -0.1) is 0 Å². The number of aromatic nitrogens is 1. The third-order valence-corrected chi connectivity index (χ3v) is 4.89. The number of anilines is 1. The molecule has 0 saturated carbocycles. The number of hydrogen-bond donors (Lipinski definition) is 1. The summed E-state index contributed by atoms with van der Waals surface area (Å²) in [7, 11) is 0. The van der Waals surface area contributed by atoms with Gasteiger partial charge in [-0.3, -0.25) is 9.88 Å². The van der Waals surface area contributed by atoms with E-state index >= 15 is 0 Å². The maximum Gasteiger partial charge on any atom is 0.412 e. The molecule has 0 aliphatic rings. The Bertz CT molecular complexity index is 1230. The lowest BCUT2D eigenvalue weighted by molar-refractivity contribution is 0.142. The van der Waals surface area contributed by atoms with Crippen LogP contribution in [0.2, 0.25) is 0 Å². The van der Waals surface area contributed by atoms with Gasteiger partial charge in [0, 0.05) is 17.4 Å². The molecule has 0 saturated heterocycles. The Morgan fingerprint density at radius 1 is 1.09 bits per heavy atom. The highest BCUT2D eigenvalue weighted by Crippen LogP contribution is 2.36. The minimum absolute atomic E-state index is 0.00260. The first-order chi connectivity index (χ1) is 15.8. The second-order valence-electron chi connectivity index (χ2n) is 7.04. The van der Waals surface area contributed by atoms with E-state index in [1.54, 1.807) is 24.3 Å². The van der Waals surface area contributed by atoms with Gasteiger partial charge in [0.2, 0.25) is 0 Å². The highest BCUT2D eigenvalue weighted by atomic mass is 19.3. The lowest BCUT2D eigenvalue weighted by atomic mass is 10.1. The lowest BCUT2D eigenvalue weighted by Gasteiger charge is -2.23. The number of pyridine rings is 1. The van der Waals surface area contributed by atoms with Gasteiger partial charge in [0.25, 0.3) is 6.43 Å². The first kappa shape index (κ1) is 23.2. The Hall–Kier alpha value is -4.50. The van der Waals surface area contributed by atoms with Crippen LogP contribution in [0.15, 0.2) is 54.7 Å². The number of benzene rings is 2. The monoisotopic (exact) mass is 448 g/mol. The van der Waals surface area contributed by atoms with Crippen LogP contribution in [-0.2, 0) is 13.2 Å². The van der Waals surface area contributed by atoms with Crippen molar-refractivity contribution < 1.29 is 23.4 Å². The molecule has 33 heavy (non-hydrogen) atoms. The molecule has 1 amide bonds. The van der Waals surface area contributed by atoms with Crippen LogP contribution >= 0.6 is 0 Å². The molecule has 7 nitrogen and oxygen atoms in total. The van der Waals surface area contributed by atoms with Crippen LogP contribution in [0, 0.1) is 29.6 Å². The molecule has 1 heterocycles. The molecule has 1 aromatic heterocycles. The van der Waals surface area contributed by atoms with Crippen molar-refractivity contribution in [3.63, 3.8) is 0 Å². The van der Waals surface area contributed by atoms with Crippen molar-refractivity contribution in [3.05, 3.63) is 88.2 Å². The number of carboxylic acid groups (broad SMARTS) is 1. The number of rotatable bonds is 7. The molecule has 0 unspecified atom stereocenters. The van der Waals surface area contributed by atoms with Gasteiger partial charge in [-0.05, 0) is 48.9 Å². The Kier molecular flexibility index (Phi) is 7.17. The van der Waals surface area contributed by atoms with E-state index in [0.717, 1.165) is 4.90 Å². The summed E-state index contributed by atoms with van der Waals surface area (Å²) >= 11 is 0. The van der Waals surface area contributed by atoms with Crippen molar-refractivity contribution in [3.8, 4) is 17.9 Å². The fourth-order valence-corrected chi connectivity index (χ4v) is 3.18.